The molecule has 3 rings (SSSR count). The van der Waals surface area contributed by atoms with Crippen molar-refractivity contribution in [2.24, 2.45) is 0 Å². The molecule has 5 nitrogen and oxygen atoms in total. The predicted octanol–water partition coefficient (Wildman–Crippen LogP) is 2.03. The Morgan fingerprint density at radius 2 is 1.91 bits per heavy atom. The lowest BCUT2D eigenvalue weighted by atomic mass is 10.1. The van der Waals surface area contributed by atoms with E-state index >= 15 is 0 Å². The molecular weight excluding hydrogens is 278 g/mol. The van der Waals surface area contributed by atoms with E-state index in [1.54, 1.807) is 12.3 Å². The van der Waals surface area contributed by atoms with Crippen molar-refractivity contribution in [1.29, 1.82) is 0 Å². The number of rotatable bonds is 5. The van der Waals surface area contributed by atoms with Crippen LogP contribution in [0.2, 0.25) is 0 Å². The minimum atomic E-state index is -0.0879. The highest BCUT2D eigenvalue weighted by Gasteiger charge is 2.06. The third-order valence-electron chi connectivity index (χ3n) is 3.61. The molecule has 3 N–H and O–H groups in total. The van der Waals surface area contributed by atoms with Crippen LogP contribution in [0.15, 0.2) is 48.7 Å². The van der Waals surface area contributed by atoms with E-state index in [-0.39, 0.29) is 12.5 Å². The smallest absolute Gasteiger partial charge is 0.251 e. The van der Waals surface area contributed by atoms with Crippen LogP contribution in [0.5, 0.6) is 0 Å². The number of hydrogen-bond donors (Lipinski definition) is 3. The largest absolute Gasteiger partial charge is 0.392 e. The second-order valence-electron chi connectivity index (χ2n) is 5.15. The monoisotopic (exact) mass is 295 g/mol. The van der Waals surface area contributed by atoms with Gasteiger partial charge in [-0.05, 0) is 35.7 Å². The number of nitrogens with zero attached hydrogens (tertiary/aromatic N) is 1. The molecule has 0 bridgehead atoms. The van der Waals surface area contributed by atoms with Crippen LogP contribution in [0.25, 0.3) is 10.9 Å². The first-order chi connectivity index (χ1) is 10.8. The number of aromatic amines is 1. The molecule has 22 heavy (non-hydrogen) atoms. The van der Waals surface area contributed by atoms with Crippen LogP contribution in [-0.2, 0) is 13.0 Å². The number of aliphatic hydroxyl groups is 1. The molecule has 0 aliphatic carbocycles. The number of hydrogen-bond acceptors (Lipinski definition) is 3. The number of nitrogens with one attached hydrogen (secondary N) is 2. The van der Waals surface area contributed by atoms with Gasteiger partial charge in [0, 0.05) is 17.5 Å². The maximum absolute atomic E-state index is 12.1. The highest BCUT2D eigenvalue weighted by molar-refractivity contribution is 5.97. The van der Waals surface area contributed by atoms with Gasteiger partial charge >= 0.3 is 0 Å². The third kappa shape index (κ3) is 3.15. The zero-order valence-electron chi connectivity index (χ0n) is 12.0. The second-order valence-corrected chi connectivity index (χ2v) is 5.15. The molecule has 0 saturated carbocycles. The van der Waals surface area contributed by atoms with Gasteiger partial charge in [0.05, 0.1) is 18.3 Å². The summed E-state index contributed by atoms with van der Waals surface area (Å²) in [6, 6.07) is 13.2. The Labute approximate surface area is 128 Å². The Morgan fingerprint density at radius 1 is 1.14 bits per heavy atom. The first-order valence-electron chi connectivity index (χ1n) is 7.16. The molecule has 1 heterocycles. The number of aromatic nitrogens is 2. The third-order valence-corrected chi connectivity index (χ3v) is 3.61. The van der Waals surface area contributed by atoms with Crippen LogP contribution in [0, 0.1) is 0 Å². The SMILES string of the molecule is O=C(NCCc1ccc(CO)cc1)c1ccc2[nH]ncc2c1. The minimum Gasteiger partial charge on any atom is -0.392 e. The normalized spacial score (nSPS) is 10.8. The lowest BCUT2D eigenvalue weighted by Crippen LogP contribution is -2.25. The molecule has 1 amide bonds. The molecule has 0 radical (unpaired) electrons. The average Bonchev–Trinajstić information content (AvgIpc) is 3.03. The Kier molecular flexibility index (Phi) is 4.16. The fourth-order valence-electron chi connectivity index (χ4n) is 2.32. The summed E-state index contributed by atoms with van der Waals surface area (Å²) >= 11 is 0. The fraction of sp³-hybridized carbons (Fsp3) is 0.176. The predicted molar refractivity (Wildman–Crippen MR) is 84.5 cm³/mol. The summed E-state index contributed by atoms with van der Waals surface area (Å²) in [4.78, 5) is 12.1. The van der Waals surface area contributed by atoms with E-state index in [2.05, 4.69) is 15.5 Å². The summed E-state index contributed by atoms with van der Waals surface area (Å²) in [5.41, 5.74) is 3.56. The van der Waals surface area contributed by atoms with Crippen LogP contribution < -0.4 is 5.32 Å². The Hall–Kier alpha value is -2.66. The van der Waals surface area contributed by atoms with Crippen LogP contribution >= 0.6 is 0 Å². The van der Waals surface area contributed by atoms with Crippen molar-refractivity contribution in [2.75, 3.05) is 6.54 Å². The molecule has 0 spiro atoms. The van der Waals surface area contributed by atoms with E-state index in [0.717, 1.165) is 28.5 Å². The summed E-state index contributed by atoms with van der Waals surface area (Å²) in [5, 5.41) is 19.6. The van der Waals surface area contributed by atoms with Crippen molar-refractivity contribution in [3.05, 3.63) is 65.4 Å². The maximum Gasteiger partial charge on any atom is 0.251 e. The summed E-state index contributed by atoms with van der Waals surface area (Å²) < 4.78 is 0. The van der Waals surface area contributed by atoms with E-state index in [4.69, 9.17) is 5.11 Å². The molecule has 2 aromatic carbocycles. The molecule has 112 valence electrons. The van der Waals surface area contributed by atoms with Gasteiger partial charge in [-0.25, -0.2) is 0 Å². The highest BCUT2D eigenvalue weighted by atomic mass is 16.3. The molecule has 0 aliphatic heterocycles. The summed E-state index contributed by atoms with van der Waals surface area (Å²) in [6.07, 6.45) is 2.46. The van der Waals surface area contributed by atoms with E-state index < -0.39 is 0 Å². The Morgan fingerprint density at radius 3 is 2.68 bits per heavy atom. The van der Waals surface area contributed by atoms with E-state index in [9.17, 15) is 4.79 Å². The van der Waals surface area contributed by atoms with Crippen molar-refractivity contribution in [2.45, 2.75) is 13.0 Å². The quantitative estimate of drug-likeness (QED) is 0.674. The van der Waals surface area contributed by atoms with Crippen LogP contribution in [0.4, 0.5) is 0 Å². The average molecular weight is 295 g/mol. The lowest BCUT2D eigenvalue weighted by Gasteiger charge is -2.06. The van der Waals surface area contributed by atoms with E-state index in [0.29, 0.717) is 12.1 Å². The number of fused-ring (bicyclic) bond motifs is 1. The van der Waals surface area contributed by atoms with Gasteiger partial charge in [0.25, 0.3) is 5.91 Å². The van der Waals surface area contributed by atoms with Crippen molar-refractivity contribution >= 4 is 16.8 Å². The molecule has 0 fully saturated rings. The molecule has 3 aromatic rings. The standard InChI is InChI=1S/C17H17N3O2/c21-11-13-3-1-12(2-4-13)7-8-18-17(22)14-5-6-16-15(9-14)10-19-20-16/h1-6,9-10,21H,7-8,11H2,(H,18,22)(H,19,20). The van der Waals surface area contributed by atoms with E-state index in [1.165, 1.54) is 0 Å². The zero-order valence-corrected chi connectivity index (χ0v) is 12.0. The van der Waals surface area contributed by atoms with Gasteiger partial charge in [0.2, 0.25) is 0 Å². The summed E-state index contributed by atoms with van der Waals surface area (Å²) in [5.74, 6) is -0.0879. The number of benzene rings is 2. The highest BCUT2D eigenvalue weighted by Crippen LogP contribution is 2.12. The molecular formula is C17H17N3O2. The van der Waals surface area contributed by atoms with Crippen LogP contribution in [0.1, 0.15) is 21.5 Å². The van der Waals surface area contributed by atoms with E-state index in [1.807, 2.05) is 36.4 Å². The molecule has 0 unspecified atom stereocenters. The topological polar surface area (TPSA) is 78.0 Å². The van der Waals surface area contributed by atoms with Crippen LogP contribution in [-0.4, -0.2) is 27.8 Å². The molecule has 1 aromatic heterocycles. The van der Waals surface area contributed by atoms with Gasteiger partial charge < -0.3 is 10.4 Å². The first-order valence-corrected chi connectivity index (χ1v) is 7.16. The summed E-state index contributed by atoms with van der Waals surface area (Å²) in [6.45, 7) is 0.619. The van der Waals surface area contributed by atoms with Gasteiger partial charge in [-0.2, -0.15) is 5.10 Å². The maximum atomic E-state index is 12.1. The Balaban J connectivity index is 1.57. The molecule has 0 saturated heterocycles. The van der Waals surface area contributed by atoms with Gasteiger partial charge in [-0.3, -0.25) is 9.89 Å². The number of H-pyrrole nitrogens is 1. The first kappa shape index (κ1) is 14.3. The van der Waals surface area contributed by atoms with Crippen molar-refractivity contribution in [1.82, 2.24) is 15.5 Å². The second kappa shape index (κ2) is 6.41. The number of carbonyl (C=O) groups is 1. The van der Waals surface area contributed by atoms with Gasteiger partial charge in [0.1, 0.15) is 0 Å². The van der Waals surface area contributed by atoms with Crippen molar-refractivity contribution in [3.63, 3.8) is 0 Å². The number of amides is 1. The van der Waals surface area contributed by atoms with Crippen molar-refractivity contribution < 1.29 is 9.90 Å². The summed E-state index contributed by atoms with van der Waals surface area (Å²) in [7, 11) is 0. The molecule has 0 atom stereocenters. The molecule has 0 aliphatic rings. The van der Waals surface area contributed by atoms with Gasteiger partial charge in [-0.1, -0.05) is 24.3 Å². The van der Waals surface area contributed by atoms with Crippen LogP contribution in [0.3, 0.4) is 0 Å². The lowest BCUT2D eigenvalue weighted by molar-refractivity contribution is 0.0954. The van der Waals surface area contributed by atoms with Crippen molar-refractivity contribution in [3.8, 4) is 0 Å². The van der Waals surface area contributed by atoms with Gasteiger partial charge in [0.15, 0.2) is 0 Å². The molecule has 5 heteroatoms. The number of aliphatic hydroxyl groups excluding tert-OH is 1. The Bertz CT molecular complexity index is 778. The zero-order chi connectivity index (χ0) is 15.4. The van der Waals surface area contributed by atoms with Gasteiger partial charge in [-0.15, -0.1) is 0 Å². The number of carbonyl (C=O) groups excluding carboxylic acids is 1. The fourth-order valence-corrected chi connectivity index (χ4v) is 2.32. The minimum absolute atomic E-state index is 0.0491.